The van der Waals surface area contributed by atoms with E-state index in [2.05, 4.69) is 42.2 Å². The van der Waals surface area contributed by atoms with Crippen LogP contribution < -0.4 is 10.5 Å². The first kappa shape index (κ1) is 15.3. The molecular weight excluding hydrogens is 276 g/mol. The predicted octanol–water partition coefficient (Wildman–Crippen LogP) is 2.57. The number of nitrogens with two attached hydrogens (primary N) is 1. The van der Waals surface area contributed by atoms with Crippen molar-refractivity contribution in [1.29, 1.82) is 0 Å². The monoisotopic (exact) mass is 300 g/mol. The topological polar surface area (TPSA) is 47.7 Å². The van der Waals surface area contributed by atoms with Crippen LogP contribution in [0.15, 0.2) is 36.4 Å². The van der Waals surface area contributed by atoms with Crippen molar-refractivity contribution >= 4 is 10.8 Å². The van der Waals surface area contributed by atoms with Gasteiger partial charge in [0.1, 0.15) is 5.75 Å². The minimum absolute atomic E-state index is 0.248. The predicted molar refractivity (Wildman–Crippen MR) is 89.3 cm³/mol. The zero-order valence-corrected chi connectivity index (χ0v) is 13.3. The van der Waals surface area contributed by atoms with Crippen molar-refractivity contribution in [2.75, 3.05) is 33.4 Å². The van der Waals surface area contributed by atoms with Crippen LogP contribution in [0.4, 0.5) is 0 Å². The Hall–Kier alpha value is -1.62. The van der Waals surface area contributed by atoms with E-state index in [1.54, 1.807) is 7.11 Å². The third-order valence-electron chi connectivity index (χ3n) is 4.39. The van der Waals surface area contributed by atoms with Gasteiger partial charge in [0, 0.05) is 25.7 Å². The lowest BCUT2D eigenvalue weighted by Gasteiger charge is -2.37. The van der Waals surface area contributed by atoms with E-state index >= 15 is 0 Å². The lowest BCUT2D eigenvalue weighted by Crippen LogP contribution is -2.45. The van der Waals surface area contributed by atoms with Crippen LogP contribution in [-0.4, -0.2) is 44.4 Å². The van der Waals surface area contributed by atoms with Crippen molar-refractivity contribution in [2.24, 2.45) is 5.73 Å². The van der Waals surface area contributed by atoms with Gasteiger partial charge in [0.05, 0.1) is 19.8 Å². The quantitative estimate of drug-likeness (QED) is 0.943. The van der Waals surface area contributed by atoms with E-state index in [1.807, 2.05) is 6.07 Å². The van der Waals surface area contributed by atoms with Gasteiger partial charge in [0.15, 0.2) is 0 Å². The van der Waals surface area contributed by atoms with E-state index in [9.17, 15) is 0 Å². The first-order valence-electron chi connectivity index (χ1n) is 7.84. The van der Waals surface area contributed by atoms with E-state index in [-0.39, 0.29) is 12.1 Å². The Balaban J connectivity index is 1.90. The fourth-order valence-electron chi connectivity index (χ4n) is 3.20. The van der Waals surface area contributed by atoms with Gasteiger partial charge in [0.2, 0.25) is 0 Å². The molecule has 0 radical (unpaired) electrons. The number of benzene rings is 2. The van der Waals surface area contributed by atoms with E-state index in [0.29, 0.717) is 6.54 Å². The average Bonchev–Trinajstić information content (AvgIpc) is 2.55. The fraction of sp³-hybridized carbons (Fsp3) is 0.444. The Morgan fingerprint density at radius 2 is 2.05 bits per heavy atom. The number of hydrogen-bond acceptors (Lipinski definition) is 4. The van der Waals surface area contributed by atoms with Crippen LogP contribution in [0.5, 0.6) is 5.75 Å². The summed E-state index contributed by atoms with van der Waals surface area (Å²) in [6, 6.07) is 13.0. The number of nitrogens with zero attached hydrogens (tertiary/aromatic N) is 1. The molecule has 2 aromatic rings. The summed E-state index contributed by atoms with van der Waals surface area (Å²) in [5.74, 6) is 0.887. The standard InChI is InChI=1S/C18H24N2O2/c1-13-12-20(7-8-22-13)18(11-19)16-4-3-15-10-17(21-2)6-5-14(15)9-16/h3-6,9-10,13,18H,7-8,11-12,19H2,1-2H3. The van der Waals surface area contributed by atoms with Gasteiger partial charge in [-0.1, -0.05) is 18.2 Å². The molecule has 3 rings (SSSR count). The minimum Gasteiger partial charge on any atom is -0.497 e. The molecule has 0 aliphatic carbocycles. The molecule has 1 aliphatic heterocycles. The molecule has 0 saturated carbocycles. The number of methoxy groups -OCH3 is 1. The number of hydrogen-bond donors (Lipinski definition) is 1. The number of ether oxygens (including phenoxy) is 2. The molecule has 1 fully saturated rings. The van der Waals surface area contributed by atoms with E-state index < -0.39 is 0 Å². The van der Waals surface area contributed by atoms with Gasteiger partial charge in [-0.3, -0.25) is 4.90 Å². The van der Waals surface area contributed by atoms with Gasteiger partial charge in [-0.2, -0.15) is 0 Å². The second-order valence-corrected chi connectivity index (χ2v) is 5.90. The summed E-state index contributed by atoms with van der Waals surface area (Å²) in [5.41, 5.74) is 7.34. The van der Waals surface area contributed by atoms with Gasteiger partial charge in [-0.15, -0.1) is 0 Å². The summed E-state index contributed by atoms with van der Waals surface area (Å²) >= 11 is 0. The number of rotatable bonds is 4. The summed E-state index contributed by atoms with van der Waals surface area (Å²) in [4.78, 5) is 2.43. The molecule has 4 heteroatoms. The molecule has 2 atom stereocenters. The third-order valence-corrected chi connectivity index (χ3v) is 4.39. The molecule has 2 unspecified atom stereocenters. The number of morpholine rings is 1. The Morgan fingerprint density at radius 3 is 2.77 bits per heavy atom. The maximum absolute atomic E-state index is 6.07. The van der Waals surface area contributed by atoms with Crippen molar-refractivity contribution < 1.29 is 9.47 Å². The van der Waals surface area contributed by atoms with Gasteiger partial charge in [-0.25, -0.2) is 0 Å². The Labute approximate surface area is 131 Å². The molecule has 0 bridgehead atoms. The van der Waals surface area contributed by atoms with Crippen molar-refractivity contribution in [2.45, 2.75) is 19.1 Å². The molecule has 2 aromatic carbocycles. The maximum Gasteiger partial charge on any atom is 0.119 e. The SMILES string of the molecule is COc1ccc2cc(C(CN)N3CCOC(C)C3)ccc2c1. The average molecular weight is 300 g/mol. The summed E-state index contributed by atoms with van der Waals surface area (Å²) in [6.45, 7) is 5.39. The third kappa shape index (κ3) is 3.09. The fourth-order valence-corrected chi connectivity index (χ4v) is 3.20. The first-order valence-corrected chi connectivity index (χ1v) is 7.84. The van der Waals surface area contributed by atoms with Crippen molar-refractivity contribution in [3.8, 4) is 5.75 Å². The largest absolute Gasteiger partial charge is 0.497 e. The van der Waals surface area contributed by atoms with Gasteiger partial charge in [-0.05, 0) is 41.5 Å². The summed E-state index contributed by atoms with van der Waals surface area (Å²) in [6.07, 6.45) is 0.271. The smallest absolute Gasteiger partial charge is 0.119 e. The van der Waals surface area contributed by atoms with Crippen LogP contribution in [0, 0.1) is 0 Å². The van der Waals surface area contributed by atoms with Crippen LogP contribution in [0.3, 0.4) is 0 Å². The molecule has 1 aliphatic rings. The highest BCUT2D eigenvalue weighted by Crippen LogP contribution is 2.27. The Morgan fingerprint density at radius 1 is 1.27 bits per heavy atom. The van der Waals surface area contributed by atoms with Crippen molar-refractivity contribution in [3.05, 3.63) is 42.0 Å². The van der Waals surface area contributed by atoms with Crippen LogP contribution in [-0.2, 0) is 4.74 Å². The molecule has 22 heavy (non-hydrogen) atoms. The Bertz CT molecular complexity index is 644. The molecule has 4 nitrogen and oxygen atoms in total. The normalized spacial score (nSPS) is 21.0. The lowest BCUT2D eigenvalue weighted by molar-refractivity contribution is -0.0332. The van der Waals surface area contributed by atoms with Gasteiger partial charge in [0.25, 0.3) is 0 Å². The second kappa shape index (κ2) is 6.65. The van der Waals surface area contributed by atoms with Gasteiger partial charge < -0.3 is 15.2 Å². The highest BCUT2D eigenvalue weighted by atomic mass is 16.5. The summed E-state index contributed by atoms with van der Waals surface area (Å²) in [7, 11) is 1.69. The molecule has 0 aromatic heterocycles. The molecule has 0 spiro atoms. The maximum atomic E-state index is 6.07. The molecular formula is C18H24N2O2. The van der Waals surface area contributed by atoms with Crippen molar-refractivity contribution in [3.63, 3.8) is 0 Å². The summed E-state index contributed by atoms with van der Waals surface area (Å²) < 4.78 is 10.9. The molecule has 0 amide bonds. The molecule has 118 valence electrons. The van der Waals surface area contributed by atoms with Crippen LogP contribution in [0.2, 0.25) is 0 Å². The van der Waals surface area contributed by atoms with E-state index in [0.717, 1.165) is 25.4 Å². The zero-order valence-electron chi connectivity index (χ0n) is 13.3. The van der Waals surface area contributed by atoms with Crippen LogP contribution in [0.1, 0.15) is 18.5 Å². The van der Waals surface area contributed by atoms with E-state index in [1.165, 1.54) is 16.3 Å². The zero-order chi connectivity index (χ0) is 15.5. The second-order valence-electron chi connectivity index (χ2n) is 5.90. The highest BCUT2D eigenvalue weighted by Gasteiger charge is 2.24. The van der Waals surface area contributed by atoms with E-state index in [4.69, 9.17) is 15.2 Å². The minimum atomic E-state index is 0.248. The molecule has 1 saturated heterocycles. The van der Waals surface area contributed by atoms with Crippen molar-refractivity contribution in [1.82, 2.24) is 4.90 Å². The van der Waals surface area contributed by atoms with Gasteiger partial charge >= 0.3 is 0 Å². The Kier molecular flexibility index (Phi) is 4.62. The first-order chi connectivity index (χ1) is 10.7. The van der Waals surface area contributed by atoms with Crippen LogP contribution >= 0.6 is 0 Å². The molecule has 2 N–H and O–H groups in total. The number of fused-ring (bicyclic) bond motifs is 1. The molecule has 1 heterocycles. The lowest BCUT2D eigenvalue weighted by atomic mass is 10.00. The summed E-state index contributed by atoms with van der Waals surface area (Å²) in [5, 5.41) is 2.41. The highest BCUT2D eigenvalue weighted by molar-refractivity contribution is 5.84. The van der Waals surface area contributed by atoms with Crippen LogP contribution in [0.25, 0.3) is 10.8 Å².